The van der Waals surface area contributed by atoms with E-state index < -0.39 is 0 Å². The number of aromatic nitrogens is 3. The van der Waals surface area contributed by atoms with Crippen LogP contribution in [0.15, 0.2) is 54.6 Å². The maximum atomic E-state index is 12.9. The van der Waals surface area contributed by atoms with Crippen LogP contribution in [0.3, 0.4) is 0 Å². The van der Waals surface area contributed by atoms with E-state index in [1.54, 1.807) is 19.2 Å². The molecule has 0 unspecified atom stereocenters. The van der Waals surface area contributed by atoms with Gasteiger partial charge in [0, 0.05) is 18.2 Å². The fourth-order valence-electron chi connectivity index (χ4n) is 2.41. The minimum Gasteiger partial charge on any atom is -0.460 e. The molecule has 0 aliphatic heterocycles. The molecule has 1 aromatic heterocycles. The molecule has 6 nitrogen and oxygen atoms in total. The predicted molar refractivity (Wildman–Crippen MR) is 93.7 cm³/mol. The van der Waals surface area contributed by atoms with Crippen LogP contribution in [0.1, 0.15) is 15.9 Å². The zero-order chi connectivity index (χ0) is 17.6. The third kappa shape index (κ3) is 3.75. The molecule has 1 heterocycles. The van der Waals surface area contributed by atoms with Gasteiger partial charge in [0.15, 0.2) is 5.82 Å². The van der Waals surface area contributed by atoms with E-state index in [2.05, 4.69) is 10.1 Å². The average Bonchev–Trinajstić information content (AvgIpc) is 3.06. The van der Waals surface area contributed by atoms with Gasteiger partial charge in [-0.1, -0.05) is 42.5 Å². The van der Waals surface area contributed by atoms with Gasteiger partial charge in [0.25, 0.3) is 5.91 Å². The number of hydrogen-bond donors (Lipinski definition) is 0. The van der Waals surface area contributed by atoms with Gasteiger partial charge in [-0.25, -0.2) is 0 Å². The molecule has 0 aliphatic rings. The minimum absolute atomic E-state index is 0.152. The Bertz CT molecular complexity index is 859. The Morgan fingerprint density at radius 1 is 1.04 bits per heavy atom. The van der Waals surface area contributed by atoms with Crippen molar-refractivity contribution < 1.29 is 14.3 Å². The Labute approximate surface area is 146 Å². The first-order valence-electron chi connectivity index (χ1n) is 7.95. The van der Waals surface area contributed by atoms with E-state index in [0.717, 1.165) is 11.1 Å². The molecule has 0 atom stereocenters. The van der Waals surface area contributed by atoms with Crippen LogP contribution in [0.4, 0.5) is 0 Å². The summed E-state index contributed by atoms with van der Waals surface area (Å²) in [6.07, 6.45) is 0. The second-order valence-corrected chi connectivity index (χ2v) is 5.46. The molecule has 6 heteroatoms. The van der Waals surface area contributed by atoms with E-state index >= 15 is 0 Å². The Morgan fingerprint density at radius 2 is 1.76 bits per heavy atom. The summed E-state index contributed by atoms with van der Waals surface area (Å²) in [7, 11) is 1.59. The number of aryl methyl sites for hydroxylation is 1. The number of rotatable bonds is 6. The van der Waals surface area contributed by atoms with Crippen LogP contribution < -0.4 is 4.74 Å². The number of carbonyl (C=O) groups excluding carboxylic acids is 1. The molecule has 3 rings (SSSR count). The van der Waals surface area contributed by atoms with Crippen molar-refractivity contribution in [2.45, 2.75) is 6.92 Å². The number of carbonyl (C=O) groups is 1. The highest BCUT2D eigenvalue weighted by atomic mass is 16.5. The van der Waals surface area contributed by atoms with Crippen molar-refractivity contribution in [2.75, 3.05) is 20.3 Å². The SMILES string of the molecule is COCCOc1nc(-c2ccccc2C)n(C(=O)c2ccccc2)n1. The Hall–Kier alpha value is -2.99. The minimum atomic E-state index is -0.257. The molecule has 0 N–H and O–H groups in total. The highest BCUT2D eigenvalue weighted by Gasteiger charge is 2.20. The maximum absolute atomic E-state index is 12.9. The van der Waals surface area contributed by atoms with E-state index in [9.17, 15) is 4.79 Å². The summed E-state index contributed by atoms with van der Waals surface area (Å²) >= 11 is 0. The summed E-state index contributed by atoms with van der Waals surface area (Å²) in [5, 5.41) is 4.25. The van der Waals surface area contributed by atoms with Gasteiger partial charge >= 0.3 is 6.01 Å². The number of methoxy groups -OCH3 is 1. The third-order valence-electron chi connectivity index (χ3n) is 3.71. The predicted octanol–water partition coefficient (Wildman–Crippen LogP) is 2.97. The van der Waals surface area contributed by atoms with Crippen molar-refractivity contribution in [1.29, 1.82) is 0 Å². The lowest BCUT2D eigenvalue weighted by molar-refractivity contribution is 0.0943. The van der Waals surface area contributed by atoms with Gasteiger partial charge in [-0.15, -0.1) is 5.10 Å². The molecule has 0 fully saturated rings. The molecule has 0 aliphatic carbocycles. The van der Waals surface area contributed by atoms with Crippen LogP contribution in [0.2, 0.25) is 0 Å². The summed E-state index contributed by atoms with van der Waals surface area (Å²) in [5.41, 5.74) is 2.37. The first kappa shape index (κ1) is 16.9. The number of nitrogens with zero attached hydrogens (tertiary/aromatic N) is 3. The molecule has 0 saturated carbocycles. The van der Waals surface area contributed by atoms with Crippen molar-refractivity contribution in [1.82, 2.24) is 14.8 Å². The summed E-state index contributed by atoms with van der Waals surface area (Å²) in [4.78, 5) is 17.3. The molecule has 0 bridgehead atoms. The van der Waals surface area contributed by atoms with Crippen molar-refractivity contribution in [3.63, 3.8) is 0 Å². The molecule has 128 valence electrons. The van der Waals surface area contributed by atoms with Crippen molar-refractivity contribution in [3.05, 3.63) is 65.7 Å². The molecule has 0 saturated heterocycles. The highest BCUT2D eigenvalue weighted by molar-refractivity contribution is 5.97. The smallest absolute Gasteiger partial charge is 0.336 e. The first-order chi connectivity index (χ1) is 12.2. The van der Waals surface area contributed by atoms with Gasteiger partial charge in [-0.05, 0) is 24.6 Å². The van der Waals surface area contributed by atoms with Gasteiger partial charge in [0.05, 0.1) is 6.61 Å². The van der Waals surface area contributed by atoms with Crippen LogP contribution >= 0.6 is 0 Å². The molecule has 2 aromatic carbocycles. The Morgan fingerprint density at radius 3 is 2.48 bits per heavy atom. The second-order valence-electron chi connectivity index (χ2n) is 5.46. The van der Waals surface area contributed by atoms with Crippen LogP contribution in [-0.2, 0) is 4.74 Å². The number of ether oxygens (including phenoxy) is 2. The van der Waals surface area contributed by atoms with Crippen LogP contribution in [0.5, 0.6) is 6.01 Å². The molecule has 0 amide bonds. The van der Waals surface area contributed by atoms with Crippen LogP contribution in [0.25, 0.3) is 11.4 Å². The zero-order valence-corrected chi connectivity index (χ0v) is 14.2. The summed E-state index contributed by atoms with van der Waals surface area (Å²) < 4.78 is 11.8. The summed E-state index contributed by atoms with van der Waals surface area (Å²) in [6.45, 7) is 2.70. The molecular formula is C19H19N3O3. The fraction of sp³-hybridized carbons (Fsp3) is 0.211. The lowest BCUT2D eigenvalue weighted by atomic mass is 10.1. The first-order valence-corrected chi connectivity index (χ1v) is 7.95. The van der Waals surface area contributed by atoms with Gasteiger partial charge in [0.1, 0.15) is 6.61 Å². The standard InChI is InChI=1S/C19H19N3O3/c1-14-8-6-7-11-16(14)17-20-19(25-13-12-24-2)21-22(17)18(23)15-9-4-3-5-10-15/h3-11H,12-13H2,1-2H3. The molecule has 25 heavy (non-hydrogen) atoms. The molecule has 0 spiro atoms. The number of hydrogen-bond acceptors (Lipinski definition) is 5. The summed E-state index contributed by atoms with van der Waals surface area (Å²) in [5.74, 6) is 0.201. The maximum Gasteiger partial charge on any atom is 0.336 e. The Balaban J connectivity index is 2.03. The summed E-state index contributed by atoms with van der Waals surface area (Å²) in [6, 6.07) is 16.9. The van der Waals surface area contributed by atoms with Crippen molar-refractivity contribution >= 4 is 5.91 Å². The van der Waals surface area contributed by atoms with E-state index in [0.29, 0.717) is 24.6 Å². The van der Waals surface area contributed by atoms with Crippen LogP contribution in [-0.4, -0.2) is 41.0 Å². The average molecular weight is 337 g/mol. The van der Waals surface area contributed by atoms with E-state index in [4.69, 9.17) is 9.47 Å². The van der Waals surface area contributed by atoms with E-state index in [-0.39, 0.29) is 11.9 Å². The lowest BCUT2D eigenvalue weighted by Gasteiger charge is -2.06. The number of benzene rings is 2. The lowest BCUT2D eigenvalue weighted by Crippen LogP contribution is -2.15. The monoisotopic (exact) mass is 337 g/mol. The van der Waals surface area contributed by atoms with Gasteiger partial charge in [-0.3, -0.25) is 4.79 Å². The van der Waals surface area contributed by atoms with Crippen molar-refractivity contribution in [2.24, 2.45) is 0 Å². The van der Waals surface area contributed by atoms with E-state index in [1.165, 1.54) is 4.68 Å². The zero-order valence-electron chi connectivity index (χ0n) is 14.2. The van der Waals surface area contributed by atoms with Gasteiger partial charge in [-0.2, -0.15) is 9.67 Å². The third-order valence-corrected chi connectivity index (χ3v) is 3.71. The van der Waals surface area contributed by atoms with Gasteiger partial charge < -0.3 is 9.47 Å². The topological polar surface area (TPSA) is 66.2 Å². The molecule has 3 aromatic rings. The molecule has 0 radical (unpaired) electrons. The molecular weight excluding hydrogens is 318 g/mol. The second kappa shape index (κ2) is 7.72. The largest absolute Gasteiger partial charge is 0.460 e. The normalized spacial score (nSPS) is 10.6. The Kier molecular flexibility index (Phi) is 5.20. The fourth-order valence-corrected chi connectivity index (χ4v) is 2.41. The van der Waals surface area contributed by atoms with Gasteiger partial charge in [0.2, 0.25) is 0 Å². The van der Waals surface area contributed by atoms with Crippen molar-refractivity contribution in [3.8, 4) is 17.4 Å². The van der Waals surface area contributed by atoms with Crippen LogP contribution in [0, 0.1) is 6.92 Å². The highest BCUT2D eigenvalue weighted by Crippen LogP contribution is 2.24. The quantitative estimate of drug-likeness (QED) is 0.647. The van der Waals surface area contributed by atoms with E-state index in [1.807, 2.05) is 49.4 Å².